The lowest BCUT2D eigenvalue weighted by Crippen LogP contribution is -2.36. The zero-order valence-corrected chi connectivity index (χ0v) is 15.6. The molecule has 1 aliphatic heterocycles. The van der Waals surface area contributed by atoms with Gasteiger partial charge in [-0.3, -0.25) is 4.57 Å². The molecule has 0 spiro atoms. The average Bonchev–Trinajstić information content (AvgIpc) is 3.25. The molecule has 3 heterocycles. The topological polar surface area (TPSA) is 58.5 Å². The minimum atomic E-state index is -1.40. The maximum atomic E-state index is 16.0. The summed E-state index contributed by atoms with van der Waals surface area (Å²) < 4.78 is 33.2. The smallest absolute Gasteiger partial charge is 0.162 e. The van der Waals surface area contributed by atoms with Crippen molar-refractivity contribution in [3.05, 3.63) is 59.1 Å². The minimum absolute atomic E-state index is 0.310. The first-order valence-electron chi connectivity index (χ1n) is 9.20. The number of aromatic nitrogens is 4. The summed E-state index contributed by atoms with van der Waals surface area (Å²) in [5.41, 5.74) is 3.04. The highest BCUT2D eigenvalue weighted by Gasteiger charge is 2.39. The molecular formula is C21H17F2N5. The maximum Gasteiger partial charge on any atom is 0.162 e. The van der Waals surface area contributed by atoms with Crippen molar-refractivity contribution >= 4 is 16.6 Å². The first-order valence-corrected chi connectivity index (χ1v) is 9.20. The monoisotopic (exact) mass is 377 g/mol. The molecule has 0 fully saturated rings. The Kier molecular flexibility index (Phi) is 2.70. The molecule has 0 amide bonds. The number of halogens is 2. The highest BCUT2D eigenvalue weighted by Crippen LogP contribution is 2.51. The first-order chi connectivity index (χ1) is 13.4. The van der Waals surface area contributed by atoms with Crippen LogP contribution in [0.5, 0.6) is 0 Å². The largest absolute Gasteiger partial charge is 0.371 e. The van der Waals surface area contributed by atoms with Crippen LogP contribution >= 0.6 is 0 Å². The van der Waals surface area contributed by atoms with Crippen LogP contribution in [0.3, 0.4) is 0 Å². The van der Waals surface area contributed by atoms with E-state index in [1.54, 1.807) is 23.8 Å². The van der Waals surface area contributed by atoms with Gasteiger partial charge >= 0.3 is 0 Å². The molecule has 140 valence electrons. The van der Waals surface area contributed by atoms with Gasteiger partial charge in [0, 0.05) is 33.8 Å². The number of nitrogens with one attached hydrogen (secondary N) is 2. The van der Waals surface area contributed by atoms with Gasteiger partial charge in [-0.2, -0.15) is 0 Å². The van der Waals surface area contributed by atoms with E-state index in [2.05, 4.69) is 20.5 Å². The third-order valence-electron chi connectivity index (χ3n) is 5.88. The molecule has 1 unspecified atom stereocenters. The van der Waals surface area contributed by atoms with Crippen molar-refractivity contribution in [3.8, 4) is 16.8 Å². The highest BCUT2D eigenvalue weighted by atomic mass is 19.1. The Hall–Kier alpha value is -3.22. The van der Waals surface area contributed by atoms with E-state index in [4.69, 9.17) is 0 Å². The van der Waals surface area contributed by atoms with Crippen LogP contribution < -0.4 is 5.32 Å². The molecule has 0 radical (unpaired) electrons. The first kappa shape index (κ1) is 15.8. The van der Waals surface area contributed by atoms with E-state index in [0.717, 1.165) is 10.9 Å². The van der Waals surface area contributed by atoms with Crippen LogP contribution in [0.15, 0.2) is 30.5 Å². The molecule has 2 aromatic heterocycles. The average molecular weight is 377 g/mol. The quantitative estimate of drug-likeness (QED) is 0.458. The van der Waals surface area contributed by atoms with Crippen molar-refractivity contribution in [3.63, 3.8) is 0 Å². The minimum Gasteiger partial charge on any atom is -0.371 e. The molecule has 2 N–H and O–H groups in total. The summed E-state index contributed by atoms with van der Waals surface area (Å²) in [6, 6.07) is 7.32. The van der Waals surface area contributed by atoms with Gasteiger partial charge in [-0.1, -0.05) is 12.1 Å². The Morgan fingerprint density at radius 1 is 1.18 bits per heavy atom. The number of alkyl halides is 1. The van der Waals surface area contributed by atoms with Gasteiger partial charge in [0.25, 0.3) is 0 Å². The Bertz CT molecular complexity index is 1310. The van der Waals surface area contributed by atoms with E-state index in [-0.39, 0.29) is 0 Å². The standard InChI is InChI=1S/C21H17F2N5/c1-9-26-27-20-21(2,3)25-14-7-11-16(18(23)19(14)28(9)20)10-5-4-6-13-15(10)12(8-24-13)17(11)22/h4-8,17,24-25H,1-3H3. The number of nitrogens with zero attached hydrogens (tertiary/aromatic N) is 3. The Balaban J connectivity index is 1.76. The lowest BCUT2D eigenvalue weighted by Gasteiger charge is -2.35. The summed E-state index contributed by atoms with van der Waals surface area (Å²) in [4.78, 5) is 3.10. The summed E-state index contributed by atoms with van der Waals surface area (Å²) in [6.45, 7) is 5.69. The highest BCUT2D eigenvalue weighted by molar-refractivity contribution is 6.02. The normalized spacial score (nSPS) is 18.4. The maximum absolute atomic E-state index is 16.0. The molecule has 4 aromatic rings. The second kappa shape index (κ2) is 4.79. The Labute approximate surface area is 159 Å². The molecule has 0 bridgehead atoms. The molecule has 2 aliphatic rings. The number of fused-ring (bicyclic) bond motifs is 5. The van der Waals surface area contributed by atoms with E-state index in [9.17, 15) is 0 Å². The number of aromatic amines is 1. The van der Waals surface area contributed by atoms with Gasteiger partial charge in [-0.25, -0.2) is 8.78 Å². The summed E-state index contributed by atoms with van der Waals surface area (Å²) in [7, 11) is 0. The number of anilines is 1. The third-order valence-corrected chi connectivity index (χ3v) is 5.88. The van der Waals surface area contributed by atoms with Gasteiger partial charge in [0.05, 0.1) is 11.2 Å². The van der Waals surface area contributed by atoms with Crippen LogP contribution in [0.1, 0.15) is 42.8 Å². The molecule has 28 heavy (non-hydrogen) atoms. The second-order valence-corrected chi connectivity index (χ2v) is 8.04. The molecule has 5 nitrogen and oxygen atoms in total. The SMILES string of the molecule is Cc1nnc2n1-c1c(cc3c(c1F)-c1cccc4[nH]cc(c14)C3F)NC2(C)C. The van der Waals surface area contributed by atoms with Crippen LogP contribution in [0.25, 0.3) is 27.7 Å². The molecule has 6 rings (SSSR count). The summed E-state index contributed by atoms with van der Waals surface area (Å²) in [6.07, 6.45) is 0.283. The van der Waals surface area contributed by atoms with E-state index < -0.39 is 17.5 Å². The summed E-state index contributed by atoms with van der Waals surface area (Å²) >= 11 is 0. The van der Waals surface area contributed by atoms with Gasteiger partial charge in [0.1, 0.15) is 11.5 Å². The molecule has 1 atom stereocenters. The van der Waals surface area contributed by atoms with Crippen molar-refractivity contribution in [1.82, 2.24) is 19.7 Å². The predicted octanol–water partition coefficient (Wildman–Crippen LogP) is 4.90. The number of benzene rings is 2. The number of H-pyrrole nitrogens is 1. The predicted molar refractivity (Wildman–Crippen MR) is 103 cm³/mol. The van der Waals surface area contributed by atoms with Gasteiger partial charge in [-0.05, 0) is 38.5 Å². The van der Waals surface area contributed by atoms with Gasteiger partial charge < -0.3 is 10.3 Å². The number of rotatable bonds is 0. The third kappa shape index (κ3) is 1.70. The van der Waals surface area contributed by atoms with Gasteiger partial charge in [0.2, 0.25) is 0 Å². The van der Waals surface area contributed by atoms with Gasteiger partial charge in [0.15, 0.2) is 17.8 Å². The Morgan fingerprint density at radius 3 is 2.82 bits per heavy atom. The molecule has 7 heteroatoms. The molecule has 0 saturated heterocycles. The lowest BCUT2D eigenvalue weighted by molar-refractivity contribution is 0.402. The lowest BCUT2D eigenvalue weighted by atomic mass is 9.83. The zero-order valence-electron chi connectivity index (χ0n) is 15.6. The van der Waals surface area contributed by atoms with Crippen LogP contribution in [-0.4, -0.2) is 19.7 Å². The summed E-state index contributed by atoms with van der Waals surface area (Å²) in [5, 5.41) is 12.5. The summed E-state index contributed by atoms with van der Waals surface area (Å²) in [5.74, 6) is 0.768. The van der Waals surface area contributed by atoms with Crippen molar-refractivity contribution < 1.29 is 8.78 Å². The van der Waals surface area contributed by atoms with Crippen LogP contribution in [-0.2, 0) is 5.54 Å². The van der Waals surface area contributed by atoms with Gasteiger partial charge in [-0.15, -0.1) is 10.2 Å². The second-order valence-electron chi connectivity index (χ2n) is 8.04. The van der Waals surface area contributed by atoms with Crippen molar-refractivity contribution in [2.24, 2.45) is 0 Å². The van der Waals surface area contributed by atoms with E-state index in [1.165, 1.54) is 0 Å². The van der Waals surface area contributed by atoms with Crippen molar-refractivity contribution in [1.29, 1.82) is 0 Å². The van der Waals surface area contributed by atoms with E-state index >= 15 is 8.78 Å². The molecular weight excluding hydrogens is 360 g/mol. The molecule has 2 aromatic carbocycles. The van der Waals surface area contributed by atoms with Crippen LogP contribution in [0.4, 0.5) is 14.5 Å². The number of hydrogen-bond donors (Lipinski definition) is 2. The fourth-order valence-corrected chi connectivity index (χ4v) is 4.66. The van der Waals surface area contributed by atoms with Crippen molar-refractivity contribution in [2.45, 2.75) is 32.5 Å². The number of hydrogen-bond acceptors (Lipinski definition) is 3. The van der Waals surface area contributed by atoms with E-state index in [1.807, 2.05) is 32.0 Å². The van der Waals surface area contributed by atoms with E-state index in [0.29, 0.717) is 45.3 Å². The molecule has 0 saturated carbocycles. The van der Waals surface area contributed by atoms with Crippen LogP contribution in [0, 0.1) is 12.7 Å². The fraction of sp³-hybridized carbons (Fsp3) is 0.238. The molecule has 1 aliphatic carbocycles. The van der Waals surface area contributed by atoms with Crippen molar-refractivity contribution in [2.75, 3.05) is 5.32 Å². The fourth-order valence-electron chi connectivity index (χ4n) is 4.66. The Morgan fingerprint density at radius 2 is 2.00 bits per heavy atom. The number of aryl methyl sites for hydroxylation is 1. The zero-order chi connectivity index (χ0) is 19.4. The van der Waals surface area contributed by atoms with Crippen LogP contribution in [0.2, 0.25) is 0 Å².